The summed E-state index contributed by atoms with van der Waals surface area (Å²) < 4.78 is 36.7. The molecule has 1 aromatic heterocycles. The molecule has 1 amide bonds. The van der Waals surface area contributed by atoms with E-state index in [1.165, 1.54) is 0 Å². The maximum Gasteiger partial charge on any atom is 0.240 e. The second-order valence-corrected chi connectivity index (χ2v) is 11.5. The van der Waals surface area contributed by atoms with Crippen LogP contribution in [0, 0.1) is 5.92 Å². The fraction of sp³-hybridized carbons (Fsp3) is 0.444. The molecule has 2 fully saturated rings. The molecular weight excluding hydrogens is 478 g/mol. The number of aromatic nitrogens is 1. The van der Waals surface area contributed by atoms with Crippen molar-refractivity contribution in [1.82, 2.24) is 14.2 Å². The lowest BCUT2D eigenvalue weighted by Crippen LogP contribution is -2.46. The zero-order valence-electron chi connectivity index (χ0n) is 20.5. The quantitative estimate of drug-likeness (QED) is 0.530. The average Bonchev–Trinajstić information content (AvgIpc) is 3.24. The Bertz CT molecular complexity index is 1340. The normalized spacial score (nSPS) is 21.1. The van der Waals surface area contributed by atoms with Crippen molar-refractivity contribution in [3.63, 3.8) is 0 Å². The van der Waals surface area contributed by atoms with Crippen LogP contribution in [0.3, 0.4) is 0 Å². The van der Waals surface area contributed by atoms with E-state index in [0.717, 1.165) is 27.7 Å². The van der Waals surface area contributed by atoms with Gasteiger partial charge < -0.3 is 19.3 Å². The second kappa shape index (κ2) is 10.3. The summed E-state index contributed by atoms with van der Waals surface area (Å²) in [6.45, 7) is 2.45. The maximum absolute atomic E-state index is 13.2. The van der Waals surface area contributed by atoms with Gasteiger partial charge in [-0.2, -0.15) is 0 Å². The van der Waals surface area contributed by atoms with Gasteiger partial charge in [0.25, 0.3) is 0 Å². The average molecular weight is 512 g/mol. The van der Waals surface area contributed by atoms with E-state index in [-0.39, 0.29) is 29.4 Å². The molecule has 2 heterocycles. The number of hydrogen-bond donors (Lipinski definition) is 2. The van der Waals surface area contributed by atoms with Gasteiger partial charge in [0.1, 0.15) is 0 Å². The number of nitrogens with one attached hydrogen (secondary N) is 1. The molecule has 2 N–H and O–H groups in total. The highest BCUT2D eigenvalue weighted by Gasteiger charge is 2.32. The van der Waals surface area contributed by atoms with Gasteiger partial charge in [-0.3, -0.25) is 4.79 Å². The van der Waals surface area contributed by atoms with E-state index in [1.807, 2.05) is 52.9 Å². The van der Waals surface area contributed by atoms with Gasteiger partial charge in [-0.15, -0.1) is 0 Å². The number of morpholine rings is 1. The lowest BCUT2D eigenvalue weighted by Gasteiger charge is -2.34. The molecule has 0 bridgehead atoms. The third-order valence-electron chi connectivity index (χ3n) is 7.48. The minimum atomic E-state index is -3.69. The number of amides is 1. The number of carbonyl (C=O) groups excluding carboxylic acids is 1. The topological polar surface area (TPSA) is 101 Å². The smallest absolute Gasteiger partial charge is 0.240 e. The van der Waals surface area contributed by atoms with Crippen LogP contribution in [0.15, 0.2) is 53.4 Å². The summed E-state index contributed by atoms with van der Waals surface area (Å²) in [4.78, 5) is 14.9. The van der Waals surface area contributed by atoms with Crippen LogP contribution in [-0.2, 0) is 33.2 Å². The van der Waals surface area contributed by atoms with E-state index in [0.29, 0.717) is 52.0 Å². The van der Waals surface area contributed by atoms with E-state index in [2.05, 4.69) is 4.72 Å². The predicted octanol–water partition coefficient (Wildman–Crippen LogP) is 3.03. The third kappa shape index (κ3) is 5.06. The third-order valence-corrected chi connectivity index (χ3v) is 9.00. The van der Waals surface area contributed by atoms with Gasteiger partial charge in [-0.1, -0.05) is 30.3 Å². The summed E-state index contributed by atoms with van der Waals surface area (Å²) in [5.41, 5.74) is 3.65. The van der Waals surface area contributed by atoms with Crippen LogP contribution in [0.25, 0.3) is 22.2 Å². The van der Waals surface area contributed by atoms with Crippen molar-refractivity contribution in [2.45, 2.75) is 43.2 Å². The van der Waals surface area contributed by atoms with Gasteiger partial charge in [0.05, 0.1) is 24.7 Å². The summed E-state index contributed by atoms with van der Waals surface area (Å²) in [5, 5.41) is 10.3. The molecule has 3 aromatic rings. The minimum absolute atomic E-state index is 0.00452. The molecule has 0 radical (unpaired) electrons. The number of aliphatic hydroxyl groups excluding tert-OH is 1. The standard InChI is InChI=1S/C27H33N3O5S/c1-29-25(20-4-2-19(18-31)3-5-20)16-22-8-11-24(17-26(22)29)36(33,34)28-23-9-6-21(7-10-23)27(32)30-12-14-35-15-13-30/h2-5,8,11,16-17,21,23,28,31H,6-7,9-10,12-15,18H2,1H3/t21-,23-. The Morgan fingerprint density at radius 1 is 1.03 bits per heavy atom. The zero-order valence-corrected chi connectivity index (χ0v) is 21.3. The monoisotopic (exact) mass is 511 g/mol. The van der Waals surface area contributed by atoms with Crippen molar-refractivity contribution in [3.05, 3.63) is 54.1 Å². The molecule has 8 nitrogen and oxygen atoms in total. The Morgan fingerprint density at radius 3 is 2.39 bits per heavy atom. The number of benzene rings is 2. The molecule has 0 atom stereocenters. The van der Waals surface area contributed by atoms with E-state index < -0.39 is 10.0 Å². The fourth-order valence-electron chi connectivity index (χ4n) is 5.32. The zero-order chi connectivity index (χ0) is 25.3. The highest BCUT2D eigenvalue weighted by molar-refractivity contribution is 7.89. The molecule has 0 unspecified atom stereocenters. The Morgan fingerprint density at radius 2 is 1.72 bits per heavy atom. The number of rotatable bonds is 6. The first-order chi connectivity index (χ1) is 17.4. The van der Waals surface area contributed by atoms with Gasteiger partial charge in [-0.05, 0) is 55.0 Å². The number of ether oxygens (including phenoxy) is 1. The molecule has 5 rings (SSSR count). The van der Waals surface area contributed by atoms with Crippen molar-refractivity contribution in [2.24, 2.45) is 13.0 Å². The summed E-state index contributed by atoms with van der Waals surface area (Å²) in [6.07, 6.45) is 2.69. The second-order valence-electron chi connectivity index (χ2n) is 9.77. The molecule has 1 saturated carbocycles. The van der Waals surface area contributed by atoms with E-state index >= 15 is 0 Å². The first-order valence-electron chi connectivity index (χ1n) is 12.5. The van der Waals surface area contributed by atoms with Crippen LogP contribution >= 0.6 is 0 Å². The minimum Gasteiger partial charge on any atom is -0.392 e. The van der Waals surface area contributed by atoms with E-state index in [9.17, 15) is 18.3 Å². The van der Waals surface area contributed by atoms with Crippen LogP contribution in [0.5, 0.6) is 0 Å². The summed E-state index contributed by atoms with van der Waals surface area (Å²) in [6, 6.07) is 14.8. The van der Waals surface area contributed by atoms with Crippen LogP contribution < -0.4 is 4.72 Å². The number of nitrogens with zero attached hydrogens (tertiary/aromatic N) is 2. The Balaban J connectivity index is 1.27. The van der Waals surface area contributed by atoms with Crippen LogP contribution in [0.1, 0.15) is 31.2 Å². The first-order valence-corrected chi connectivity index (χ1v) is 14.0. The number of sulfonamides is 1. The largest absolute Gasteiger partial charge is 0.392 e. The molecule has 9 heteroatoms. The maximum atomic E-state index is 13.2. The van der Waals surface area contributed by atoms with Crippen molar-refractivity contribution >= 4 is 26.8 Å². The Kier molecular flexibility index (Phi) is 7.16. The van der Waals surface area contributed by atoms with E-state index in [4.69, 9.17) is 4.74 Å². The van der Waals surface area contributed by atoms with Gasteiger partial charge in [-0.25, -0.2) is 13.1 Å². The fourth-order valence-corrected chi connectivity index (χ4v) is 6.65. The summed E-state index contributed by atoms with van der Waals surface area (Å²) in [5.74, 6) is 0.143. The SMILES string of the molecule is Cn1c(-c2ccc(CO)cc2)cc2ccc(S(=O)(=O)N[C@H]3CC[C@H](C(=O)N4CCOCC4)CC3)cc21. The van der Waals surface area contributed by atoms with Gasteiger partial charge >= 0.3 is 0 Å². The van der Waals surface area contributed by atoms with Crippen molar-refractivity contribution < 1.29 is 23.1 Å². The molecule has 1 aliphatic heterocycles. The molecule has 1 aliphatic carbocycles. The molecular formula is C27H33N3O5S. The van der Waals surface area contributed by atoms with Gasteiger partial charge in [0.15, 0.2) is 0 Å². The van der Waals surface area contributed by atoms with Crippen molar-refractivity contribution in [1.29, 1.82) is 0 Å². The Hall–Kier alpha value is -2.72. The molecule has 192 valence electrons. The number of hydrogen-bond acceptors (Lipinski definition) is 5. The number of fused-ring (bicyclic) bond motifs is 1. The molecule has 36 heavy (non-hydrogen) atoms. The predicted molar refractivity (Wildman–Crippen MR) is 138 cm³/mol. The van der Waals surface area contributed by atoms with Gasteiger partial charge in [0, 0.05) is 48.7 Å². The first kappa shape index (κ1) is 25.0. The lowest BCUT2D eigenvalue weighted by atomic mass is 9.85. The summed E-state index contributed by atoms with van der Waals surface area (Å²) in [7, 11) is -1.77. The van der Waals surface area contributed by atoms with Crippen LogP contribution in [0.4, 0.5) is 0 Å². The summed E-state index contributed by atoms with van der Waals surface area (Å²) >= 11 is 0. The van der Waals surface area contributed by atoms with Gasteiger partial charge in [0.2, 0.25) is 15.9 Å². The molecule has 2 aromatic carbocycles. The number of aryl methyl sites for hydroxylation is 1. The number of carbonyl (C=O) groups is 1. The van der Waals surface area contributed by atoms with Crippen molar-refractivity contribution in [2.75, 3.05) is 26.3 Å². The molecule has 0 spiro atoms. The highest BCUT2D eigenvalue weighted by Crippen LogP contribution is 2.31. The Labute approximate surface area is 211 Å². The van der Waals surface area contributed by atoms with Crippen LogP contribution in [-0.4, -0.2) is 61.2 Å². The van der Waals surface area contributed by atoms with E-state index in [1.54, 1.807) is 12.1 Å². The van der Waals surface area contributed by atoms with Crippen LogP contribution in [0.2, 0.25) is 0 Å². The number of aliphatic hydroxyl groups is 1. The lowest BCUT2D eigenvalue weighted by molar-refractivity contribution is -0.140. The highest BCUT2D eigenvalue weighted by atomic mass is 32.2. The molecule has 1 saturated heterocycles. The van der Waals surface area contributed by atoms with Crippen molar-refractivity contribution in [3.8, 4) is 11.3 Å². The molecule has 2 aliphatic rings.